The van der Waals surface area contributed by atoms with Gasteiger partial charge in [-0.2, -0.15) is 0 Å². The second kappa shape index (κ2) is 11.6. The van der Waals surface area contributed by atoms with E-state index in [1.807, 2.05) is 6.92 Å². The van der Waals surface area contributed by atoms with Crippen molar-refractivity contribution in [3.8, 4) is 0 Å². The molecule has 0 radical (unpaired) electrons. The van der Waals surface area contributed by atoms with Crippen molar-refractivity contribution in [1.82, 2.24) is 10.2 Å². The van der Waals surface area contributed by atoms with Gasteiger partial charge in [0.2, 0.25) is 0 Å². The van der Waals surface area contributed by atoms with Crippen molar-refractivity contribution in [2.45, 2.75) is 26.3 Å². The van der Waals surface area contributed by atoms with E-state index in [0.29, 0.717) is 5.96 Å². The molecule has 0 aromatic heterocycles. The highest BCUT2D eigenvalue weighted by Gasteiger charge is 2.14. The van der Waals surface area contributed by atoms with Gasteiger partial charge in [-0.05, 0) is 30.9 Å². The van der Waals surface area contributed by atoms with E-state index < -0.39 is 0 Å². The number of rotatable bonds is 8. The highest BCUT2D eigenvalue weighted by atomic mass is 127. The lowest BCUT2D eigenvalue weighted by atomic mass is 10.00. The molecule has 0 saturated carbocycles. The molecule has 2 rings (SSSR count). The summed E-state index contributed by atoms with van der Waals surface area (Å²) in [5.41, 5.74) is 8.80. The van der Waals surface area contributed by atoms with Crippen LogP contribution in [0.5, 0.6) is 0 Å². The first-order valence-electron chi connectivity index (χ1n) is 8.20. The zero-order chi connectivity index (χ0) is 15.6. The van der Waals surface area contributed by atoms with E-state index in [9.17, 15) is 0 Å². The molecular formula is C17H29IN4O. The van der Waals surface area contributed by atoms with Crippen LogP contribution in [0.15, 0.2) is 29.3 Å². The summed E-state index contributed by atoms with van der Waals surface area (Å²) >= 11 is 0. The Morgan fingerprint density at radius 1 is 1.35 bits per heavy atom. The van der Waals surface area contributed by atoms with Crippen LogP contribution in [0.2, 0.25) is 0 Å². The molecule has 0 saturated heterocycles. The Bertz CT molecular complexity index is 481. The van der Waals surface area contributed by atoms with Crippen LogP contribution >= 0.6 is 24.0 Å². The summed E-state index contributed by atoms with van der Waals surface area (Å²) in [6.07, 6.45) is 2.05. The predicted octanol–water partition coefficient (Wildman–Crippen LogP) is 1.99. The highest BCUT2D eigenvalue weighted by molar-refractivity contribution is 14.0. The molecule has 130 valence electrons. The number of halogens is 1. The quantitative estimate of drug-likeness (QED) is 0.286. The number of benzene rings is 1. The smallest absolute Gasteiger partial charge is 0.188 e. The number of hydrogen-bond donors (Lipinski definition) is 2. The summed E-state index contributed by atoms with van der Waals surface area (Å²) in [5.74, 6) is 0.536. The van der Waals surface area contributed by atoms with Crippen LogP contribution in [0.3, 0.4) is 0 Å². The molecule has 1 heterocycles. The zero-order valence-corrected chi connectivity index (χ0v) is 16.3. The van der Waals surface area contributed by atoms with Crippen LogP contribution in [0.4, 0.5) is 0 Å². The molecule has 1 aromatic rings. The molecule has 1 aromatic carbocycles. The normalized spacial score (nSPS) is 14.9. The number of fused-ring (bicyclic) bond motifs is 1. The predicted molar refractivity (Wildman–Crippen MR) is 106 cm³/mol. The maximum absolute atomic E-state index is 5.86. The van der Waals surface area contributed by atoms with E-state index in [1.165, 1.54) is 11.1 Å². The first kappa shape index (κ1) is 20.2. The second-order valence-electron chi connectivity index (χ2n) is 5.54. The third-order valence-electron chi connectivity index (χ3n) is 3.88. The first-order chi connectivity index (χ1) is 10.8. The number of nitrogens with one attached hydrogen (secondary N) is 1. The van der Waals surface area contributed by atoms with E-state index in [1.54, 1.807) is 0 Å². The summed E-state index contributed by atoms with van der Waals surface area (Å²) in [5, 5.41) is 3.19. The zero-order valence-electron chi connectivity index (χ0n) is 14.0. The van der Waals surface area contributed by atoms with Crippen molar-refractivity contribution >= 4 is 29.9 Å². The summed E-state index contributed by atoms with van der Waals surface area (Å²) in [4.78, 5) is 6.76. The summed E-state index contributed by atoms with van der Waals surface area (Å²) in [6.45, 7) is 8.20. The molecule has 5 nitrogen and oxygen atoms in total. The molecule has 0 unspecified atom stereocenters. The third kappa shape index (κ3) is 7.50. The van der Waals surface area contributed by atoms with Crippen LogP contribution in [0.1, 0.15) is 24.5 Å². The summed E-state index contributed by atoms with van der Waals surface area (Å²) in [6, 6.07) is 8.70. The Morgan fingerprint density at radius 2 is 2.13 bits per heavy atom. The Balaban J connectivity index is 0.00000264. The Labute approximate surface area is 156 Å². The van der Waals surface area contributed by atoms with E-state index in [0.717, 1.165) is 58.8 Å². The van der Waals surface area contributed by atoms with Gasteiger partial charge in [0.25, 0.3) is 0 Å². The topological polar surface area (TPSA) is 62.9 Å². The molecule has 6 heteroatoms. The van der Waals surface area contributed by atoms with Gasteiger partial charge in [-0.25, -0.2) is 0 Å². The van der Waals surface area contributed by atoms with E-state index in [-0.39, 0.29) is 24.0 Å². The molecule has 0 aliphatic carbocycles. The molecule has 1 aliphatic rings. The number of nitrogens with two attached hydrogens (primary N) is 1. The van der Waals surface area contributed by atoms with E-state index in [4.69, 9.17) is 10.5 Å². The second-order valence-corrected chi connectivity index (χ2v) is 5.54. The SMILES string of the molecule is CCOCCCN=C(N)NCCN1CCc2ccccc2C1.I. The van der Waals surface area contributed by atoms with Crippen LogP contribution < -0.4 is 11.1 Å². The van der Waals surface area contributed by atoms with Gasteiger partial charge in [0, 0.05) is 45.9 Å². The van der Waals surface area contributed by atoms with Crippen LogP contribution in [-0.4, -0.2) is 50.3 Å². The monoisotopic (exact) mass is 432 g/mol. The molecule has 0 bridgehead atoms. The van der Waals surface area contributed by atoms with Gasteiger partial charge in [0.15, 0.2) is 5.96 Å². The van der Waals surface area contributed by atoms with Crippen molar-refractivity contribution in [2.75, 3.05) is 39.4 Å². The molecular weight excluding hydrogens is 403 g/mol. The van der Waals surface area contributed by atoms with E-state index in [2.05, 4.69) is 39.5 Å². The maximum Gasteiger partial charge on any atom is 0.188 e. The first-order valence-corrected chi connectivity index (χ1v) is 8.20. The average Bonchev–Trinajstić information content (AvgIpc) is 2.54. The molecule has 0 amide bonds. The molecule has 1 aliphatic heterocycles. The number of aliphatic imine (C=N–C) groups is 1. The van der Waals surface area contributed by atoms with Crippen molar-refractivity contribution in [2.24, 2.45) is 10.7 Å². The lowest BCUT2D eigenvalue weighted by molar-refractivity contribution is 0.146. The van der Waals surface area contributed by atoms with Crippen LogP contribution in [-0.2, 0) is 17.7 Å². The highest BCUT2D eigenvalue weighted by Crippen LogP contribution is 2.17. The largest absolute Gasteiger partial charge is 0.382 e. The van der Waals surface area contributed by atoms with Gasteiger partial charge in [0.05, 0.1) is 0 Å². The number of guanidine groups is 1. The lowest BCUT2D eigenvalue weighted by Gasteiger charge is -2.28. The standard InChI is InChI=1S/C17H28N4O.HI/c1-2-22-13-5-9-19-17(18)20-10-12-21-11-8-15-6-3-4-7-16(15)14-21;/h3-4,6-7H,2,5,8-14H2,1H3,(H3,18,19,20);1H. The minimum Gasteiger partial charge on any atom is -0.382 e. The van der Waals surface area contributed by atoms with Crippen molar-refractivity contribution in [3.63, 3.8) is 0 Å². The number of ether oxygens (including phenoxy) is 1. The third-order valence-corrected chi connectivity index (χ3v) is 3.88. The molecule has 23 heavy (non-hydrogen) atoms. The fourth-order valence-electron chi connectivity index (χ4n) is 2.65. The molecule has 0 fully saturated rings. The van der Waals surface area contributed by atoms with Gasteiger partial charge in [-0.3, -0.25) is 9.89 Å². The van der Waals surface area contributed by atoms with Crippen molar-refractivity contribution in [3.05, 3.63) is 35.4 Å². The Kier molecular flexibility index (Phi) is 10.2. The number of nitrogens with zero attached hydrogens (tertiary/aromatic N) is 2. The number of hydrogen-bond acceptors (Lipinski definition) is 3. The fourth-order valence-corrected chi connectivity index (χ4v) is 2.65. The minimum absolute atomic E-state index is 0. The maximum atomic E-state index is 5.86. The van der Waals surface area contributed by atoms with Crippen LogP contribution in [0, 0.1) is 0 Å². The Hall–Kier alpha value is -0.860. The van der Waals surface area contributed by atoms with Gasteiger partial charge in [-0.15, -0.1) is 24.0 Å². The molecule has 0 spiro atoms. The van der Waals surface area contributed by atoms with Gasteiger partial charge in [0.1, 0.15) is 0 Å². The van der Waals surface area contributed by atoms with Gasteiger partial charge in [-0.1, -0.05) is 24.3 Å². The molecule has 0 atom stereocenters. The summed E-state index contributed by atoms with van der Waals surface area (Å²) in [7, 11) is 0. The minimum atomic E-state index is 0. The molecule has 3 N–H and O–H groups in total. The lowest BCUT2D eigenvalue weighted by Crippen LogP contribution is -2.40. The van der Waals surface area contributed by atoms with Crippen molar-refractivity contribution in [1.29, 1.82) is 0 Å². The van der Waals surface area contributed by atoms with Crippen LogP contribution in [0.25, 0.3) is 0 Å². The fraction of sp³-hybridized carbons (Fsp3) is 0.588. The summed E-state index contributed by atoms with van der Waals surface area (Å²) < 4.78 is 5.27. The van der Waals surface area contributed by atoms with E-state index >= 15 is 0 Å². The van der Waals surface area contributed by atoms with Gasteiger partial charge >= 0.3 is 0 Å². The van der Waals surface area contributed by atoms with Gasteiger partial charge < -0.3 is 15.8 Å². The Morgan fingerprint density at radius 3 is 2.91 bits per heavy atom. The van der Waals surface area contributed by atoms with Crippen molar-refractivity contribution < 1.29 is 4.74 Å². The average molecular weight is 432 g/mol.